The molecular formula is C33H55NO6. The first kappa shape index (κ1) is 35.5. The van der Waals surface area contributed by atoms with Crippen LogP contribution in [0, 0.1) is 11.8 Å². The molecule has 1 aromatic carbocycles. The van der Waals surface area contributed by atoms with Gasteiger partial charge in [0.15, 0.2) is 0 Å². The molecule has 3 atom stereocenters. The lowest BCUT2D eigenvalue weighted by molar-refractivity contribution is -0.158. The third kappa shape index (κ3) is 17.2. The Balaban J connectivity index is 2.72. The van der Waals surface area contributed by atoms with Crippen molar-refractivity contribution in [2.24, 2.45) is 11.8 Å². The summed E-state index contributed by atoms with van der Waals surface area (Å²) in [4.78, 5) is 38.4. The third-order valence-electron chi connectivity index (χ3n) is 6.87. The van der Waals surface area contributed by atoms with Gasteiger partial charge in [-0.25, -0.2) is 9.59 Å². The summed E-state index contributed by atoms with van der Waals surface area (Å²) in [6.45, 7) is 13.8. The van der Waals surface area contributed by atoms with Gasteiger partial charge in [0, 0.05) is 0 Å². The largest absolute Gasteiger partial charge is 0.461 e. The lowest BCUT2D eigenvalue weighted by atomic mass is 9.99. The topological polar surface area (TPSA) is 90.9 Å². The van der Waals surface area contributed by atoms with Crippen LogP contribution in [0.3, 0.4) is 0 Å². The summed E-state index contributed by atoms with van der Waals surface area (Å²) in [6.07, 6.45) is 9.19. The van der Waals surface area contributed by atoms with Crippen molar-refractivity contribution >= 4 is 18.0 Å². The van der Waals surface area contributed by atoms with Crippen LogP contribution < -0.4 is 5.32 Å². The van der Waals surface area contributed by atoms with Crippen LogP contribution in [0.25, 0.3) is 0 Å². The molecule has 1 rings (SSSR count). The van der Waals surface area contributed by atoms with Gasteiger partial charge in [-0.1, -0.05) is 109 Å². The molecule has 1 amide bonds. The van der Waals surface area contributed by atoms with Crippen LogP contribution in [-0.4, -0.2) is 35.8 Å². The lowest BCUT2D eigenvalue weighted by Crippen LogP contribution is -2.48. The quantitative estimate of drug-likeness (QED) is 0.104. The van der Waals surface area contributed by atoms with E-state index in [9.17, 15) is 14.4 Å². The van der Waals surface area contributed by atoms with Crippen molar-refractivity contribution in [1.29, 1.82) is 0 Å². The Hall–Kier alpha value is -2.57. The van der Waals surface area contributed by atoms with Gasteiger partial charge in [0.1, 0.15) is 24.4 Å². The van der Waals surface area contributed by atoms with Gasteiger partial charge in [-0.15, -0.1) is 0 Å². The number of alkyl carbamates (subject to hydrolysis) is 1. The highest BCUT2D eigenvalue weighted by atomic mass is 16.6. The van der Waals surface area contributed by atoms with Crippen LogP contribution in [0.2, 0.25) is 0 Å². The Bertz CT molecular complexity index is 848. The first-order valence-corrected chi connectivity index (χ1v) is 15.3. The van der Waals surface area contributed by atoms with E-state index in [1.165, 1.54) is 32.1 Å². The standard InChI is InChI=1S/C33H55NO6/c1-8-26(4)30(34-32(37)40-33(5,6)7)31(36)39-28(22-18-13-11-9-10-12-15-19-25(2)3)23-29(35)38-24-27-20-16-14-17-21-27/h14,16-17,20-21,25-26,28,30H,8-13,15,18-19,22-24H2,1-7H3,(H,34,37)/t26-,28+,30-/m0/s1. The summed E-state index contributed by atoms with van der Waals surface area (Å²) in [7, 11) is 0. The molecule has 40 heavy (non-hydrogen) atoms. The minimum absolute atomic E-state index is 0.0204. The molecule has 0 fully saturated rings. The smallest absolute Gasteiger partial charge is 0.408 e. The van der Waals surface area contributed by atoms with E-state index >= 15 is 0 Å². The van der Waals surface area contributed by atoms with Crippen molar-refractivity contribution in [3.8, 4) is 0 Å². The van der Waals surface area contributed by atoms with Crippen molar-refractivity contribution < 1.29 is 28.6 Å². The number of nitrogens with one attached hydrogen (secondary N) is 1. The Labute approximate surface area is 243 Å². The fraction of sp³-hybridized carbons (Fsp3) is 0.727. The van der Waals surface area contributed by atoms with Gasteiger partial charge in [0.2, 0.25) is 0 Å². The fourth-order valence-electron chi connectivity index (χ4n) is 4.34. The summed E-state index contributed by atoms with van der Waals surface area (Å²) in [6, 6.07) is 8.62. The molecule has 0 spiro atoms. The Morgan fingerprint density at radius 3 is 1.98 bits per heavy atom. The van der Waals surface area contributed by atoms with Crippen molar-refractivity contribution in [2.75, 3.05) is 0 Å². The molecule has 0 heterocycles. The number of carbonyl (C=O) groups excluding carboxylic acids is 3. The molecule has 0 saturated carbocycles. The fourth-order valence-corrected chi connectivity index (χ4v) is 4.34. The highest BCUT2D eigenvalue weighted by Gasteiger charge is 2.32. The second kappa shape index (κ2) is 19.5. The summed E-state index contributed by atoms with van der Waals surface area (Å²) in [5, 5.41) is 2.69. The van der Waals surface area contributed by atoms with Gasteiger partial charge < -0.3 is 19.5 Å². The second-order valence-electron chi connectivity index (χ2n) is 12.4. The van der Waals surface area contributed by atoms with Gasteiger partial charge in [-0.2, -0.15) is 0 Å². The Morgan fingerprint density at radius 2 is 1.43 bits per heavy atom. The normalized spacial score (nSPS) is 13.8. The summed E-state index contributed by atoms with van der Waals surface area (Å²) in [5.74, 6) is -0.363. The number of amides is 1. The molecule has 0 bridgehead atoms. The van der Waals surface area contributed by atoms with Crippen LogP contribution in [0.4, 0.5) is 4.79 Å². The number of carbonyl (C=O) groups is 3. The van der Waals surface area contributed by atoms with E-state index in [-0.39, 0.29) is 18.9 Å². The molecular weight excluding hydrogens is 506 g/mol. The number of benzene rings is 1. The predicted octanol–water partition coefficient (Wildman–Crippen LogP) is 8.14. The maximum atomic E-state index is 13.3. The Kier molecular flexibility index (Phi) is 17.3. The number of rotatable bonds is 19. The molecule has 0 saturated heterocycles. The van der Waals surface area contributed by atoms with E-state index in [2.05, 4.69) is 19.2 Å². The van der Waals surface area contributed by atoms with Gasteiger partial charge in [0.05, 0.1) is 6.42 Å². The van der Waals surface area contributed by atoms with E-state index in [1.807, 2.05) is 44.2 Å². The zero-order valence-corrected chi connectivity index (χ0v) is 26.1. The molecule has 0 aliphatic carbocycles. The lowest BCUT2D eigenvalue weighted by Gasteiger charge is -2.27. The van der Waals surface area contributed by atoms with Crippen molar-refractivity contribution in [2.45, 2.75) is 143 Å². The van der Waals surface area contributed by atoms with Gasteiger partial charge >= 0.3 is 18.0 Å². The number of unbranched alkanes of at least 4 members (excludes halogenated alkanes) is 6. The van der Waals surface area contributed by atoms with Crippen LogP contribution in [0.5, 0.6) is 0 Å². The summed E-state index contributed by atoms with van der Waals surface area (Å²) in [5.41, 5.74) is 0.212. The van der Waals surface area contributed by atoms with E-state index in [1.54, 1.807) is 20.8 Å². The van der Waals surface area contributed by atoms with Gasteiger partial charge in [-0.05, 0) is 51.0 Å². The molecule has 1 aromatic rings. The molecule has 0 radical (unpaired) electrons. The minimum atomic E-state index is -0.867. The maximum absolute atomic E-state index is 13.3. The second-order valence-corrected chi connectivity index (χ2v) is 12.4. The zero-order chi connectivity index (χ0) is 30.0. The monoisotopic (exact) mass is 561 g/mol. The van der Waals surface area contributed by atoms with E-state index in [0.29, 0.717) is 12.8 Å². The number of hydrogen-bond acceptors (Lipinski definition) is 6. The Morgan fingerprint density at radius 1 is 0.850 bits per heavy atom. The average Bonchev–Trinajstić information content (AvgIpc) is 2.88. The predicted molar refractivity (Wildman–Crippen MR) is 160 cm³/mol. The molecule has 1 N–H and O–H groups in total. The van der Waals surface area contributed by atoms with Gasteiger partial charge in [-0.3, -0.25) is 4.79 Å². The zero-order valence-electron chi connectivity index (χ0n) is 26.1. The first-order valence-electron chi connectivity index (χ1n) is 15.3. The van der Waals surface area contributed by atoms with Crippen molar-refractivity contribution in [3.05, 3.63) is 35.9 Å². The molecule has 0 aromatic heterocycles. The van der Waals surface area contributed by atoms with Crippen LogP contribution in [0.15, 0.2) is 30.3 Å². The van der Waals surface area contributed by atoms with Crippen LogP contribution in [-0.2, 0) is 30.4 Å². The van der Waals surface area contributed by atoms with Crippen molar-refractivity contribution in [3.63, 3.8) is 0 Å². The highest BCUT2D eigenvalue weighted by molar-refractivity contribution is 5.82. The average molecular weight is 562 g/mol. The number of ether oxygens (including phenoxy) is 3. The maximum Gasteiger partial charge on any atom is 0.408 e. The van der Waals surface area contributed by atoms with E-state index in [0.717, 1.165) is 30.7 Å². The minimum Gasteiger partial charge on any atom is -0.461 e. The summed E-state index contributed by atoms with van der Waals surface area (Å²) < 4.78 is 16.7. The highest BCUT2D eigenvalue weighted by Crippen LogP contribution is 2.19. The number of esters is 2. The SMILES string of the molecule is CC[C@H](C)[C@H](NC(=O)OC(C)(C)C)C(=O)O[C@H](CCCCCCCCCC(C)C)CC(=O)OCc1ccccc1. The molecule has 7 nitrogen and oxygen atoms in total. The first-order chi connectivity index (χ1) is 18.9. The molecule has 0 aliphatic heterocycles. The molecule has 228 valence electrons. The molecule has 0 unspecified atom stereocenters. The molecule has 7 heteroatoms. The third-order valence-corrected chi connectivity index (χ3v) is 6.87. The van der Waals surface area contributed by atoms with Gasteiger partial charge in [0.25, 0.3) is 0 Å². The number of hydrogen-bond donors (Lipinski definition) is 1. The molecule has 0 aliphatic rings. The van der Waals surface area contributed by atoms with Crippen molar-refractivity contribution in [1.82, 2.24) is 5.32 Å². The van der Waals surface area contributed by atoms with E-state index < -0.39 is 35.8 Å². The summed E-state index contributed by atoms with van der Waals surface area (Å²) >= 11 is 0. The van der Waals surface area contributed by atoms with Crippen LogP contribution >= 0.6 is 0 Å². The van der Waals surface area contributed by atoms with Crippen LogP contribution in [0.1, 0.15) is 125 Å². The van der Waals surface area contributed by atoms with E-state index in [4.69, 9.17) is 14.2 Å².